The quantitative estimate of drug-likeness (QED) is 0.719. The summed E-state index contributed by atoms with van der Waals surface area (Å²) in [7, 11) is 1.39. The molecule has 0 amide bonds. The van der Waals surface area contributed by atoms with Gasteiger partial charge in [-0.1, -0.05) is 6.07 Å². The number of aromatic hydroxyl groups is 1. The summed E-state index contributed by atoms with van der Waals surface area (Å²) in [6.45, 7) is 0. The molecule has 0 unspecified atom stereocenters. The van der Waals surface area contributed by atoms with Gasteiger partial charge in [0.1, 0.15) is 11.5 Å². The largest absolute Gasteiger partial charge is 0.506 e. The number of pyridine rings is 1. The molecule has 88 valence electrons. The molecular weight excluding hydrogens is 226 g/mol. The van der Waals surface area contributed by atoms with E-state index in [1.807, 2.05) is 0 Å². The Kier molecular flexibility index (Phi) is 2.47. The standard InChI is InChI=1S/C11H9NO5/c1-17-6-4-2-3-5-7(6)9(13)8(11(15)16)10(14)12-5/h2-4H,1H3,(H,15,16)(H2,12,13,14). The Labute approximate surface area is 95.1 Å². The summed E-state index contributed by atoms with van der Waals surface area (Å²) in [4.78, 5) is 24.7. The number of carboxylic acid groups (broad SMARTS) is 1. The van der Waals surface area contributed by atoms with E-state index in [0.717, 1.165) is 0 Å². The maximum Gasteiger partial charge on any atom is 0.345 e. The second kappa shape index (κ2) is 3.82. The number of rotatable bonds is 2. The van der Waals surface area contributed by atoms with Gasteiger partial charge in [0.25, 0.3) is 5.56 Å². The summed E-state index contributed by atoms with van der Waals surface area (Å²) in [5.41, 5.74) is -1.23. The van der Waals surface area contributed by atoms with Crippen LogP contribution >= 0.6 is 0 Å². The molecule has 0 radical (unpaired) electrons. The average Bonchev–Trinajstić information content (AvgIpc) is 2.27. The highest BCUT2D eigenvalue weighted by Crippen LogP contribution is 2.32. The summed E-state index contributed by atoms with van der Waals surface area (Å²) in [6, 6.07) is 4.73. The molecule has 0 saturated carbocycles. The summed E-state index contributed by atoms with van der Waals surface area (Å²) >= 11 is 0. The van der Waals surface area contributed by atoms with Crippen molar-refractivity contribution in [3.63, 3.8) is 0 Å². The molecule has 0 aliphatic rings. The second-order valence-corrected chi connectivity index (χ2v) is 3.37. The van der Waals surface area contributed by atoms with Gasteiger partial charge in [0.05, 0.1) is 18.0 Å². The van der Waals surface area contributed by atoms with E-state index in [2.05, 4.69) is 4.98 Å². The van der Waals surface area contributed by atoms with Crippen LogP contribution < -0.4 is 10.3 Å². The molecule has 0 atom stereocenters. The van der Waals surface area contributed by atoms with Crippen molar-refractivity contribution in [2.45, 2.75) is 0 Å². The van der Waals surface area contributed by atoms with Gasteiger partial charge >= 0.3 is 5.97 Å². The fraction of sp³-hybridized carbons (Fsp3) is 0.0909. The van der Waals surface area contributed by atoms with E-state index >= 15 is 0 Å². The van der Waals surface area contributed by atoms with Gasteiger partial charge in [-0.15, -0.1) is 0 Å². The van der Waals surface area contributed by atoms with Crippen molar-refractivity contribution in [2.24, 2.45) is 0 Å². The summed E-state index contributed by atoms with van der Waals surface area (Å²) < 4.78 is 5.01. The van der Waals surface area contributed by atoms with Crippen molar-refractivity contribution >= 4 is 16.9 Å². The first-order valence-corrected chi connectivity index (χ1v) is 4.71. The van der Waals surface area contributed by atoms with Crippen LogP contribution in [0.1, 0.15) is 10.4 Å². The van der Waals surface area contributed by atoms with Crippen LogP contribution in [0.2, 0.25) is 0 Å². The van der Waals surface area contributed by atoms with Crippen molar-refractivity contribution in [2.75, 3.05) is 7.11 Å². The van der Waals surface area contributed by atoms with Crippen LogP contribution in [0, 0.1) is 0 Å². The lowest BCUT2D eigenvalue weighted by atomic mass is 10.1. The molecule has 1 aromatic carbocycles. The topological polar surface area (TPSA) is 99.6 Å². The predicted molar refractivity (Wildman–Crippen MR) is 59.7 cm³/mol. The van der Waals surface area contributed by atoms with E-state index in [1.54, 1.807) is 18.2 Å². The Hall–Kier alpha value is -2.50. The molecule has 2 aromatic rings. The van der Waals surface area contributed by atoms with E-state index < -0.39 is 22.8 Å². The number of benzene rings is 1. The first-order valence-electron chi connectivity index (χ1n) is 4.71. The monoisotopic (exact) mass is 235 g/mol. The number of nitrogens with one attached hydrogen (secondary N) is 1. The number of aromatic nitrogens is 1. The zero-order valence-electron chi connectivity index (χ0n) is 8.85. The highest BCUT2D eigenvalue weighted by Gasteiger charge is 2.20. The lowest BCUT2D eigenvalue weighted by molar-refractivity contribution is 0.0692. The number of hydrogen-bond donors (Lipinski definition) is 3. The van der Waals surface area contributed by atoms with Gasteiger partial charge in [-0.2, -0.15) is 0 Å². The van der Waals surface area contributed by atoms with Crippen molar-refractivity contribution in [1.29, 1.82) is 0 Å². The van der Waals surface area contributed by atoms with E-state index in [1.165, 1.54) is 7.11 Å². The van der Waals surface area contributed by atoms with Crippen LogP contribution in [-0.2, 0) is 0 Å². The molecule has 0 spiro atoms. The first kappa shape index (κ1) is 11.0. The van der Waals surface area contributed by atoms with Gasteiger partial charge in [-0.05, 0) is 12.1 Å². The molecule has 0 aliphatic carbocycles. The molecule has 2 rings (SSSR count). The molecule has 3 N–H and O–H groups in total. The van der Waals surface area contributed by atoms with E-state index in [0.29, 0.717) is 11.3 Å². The third-order valence-corrected chi connectivity index (χ3v) is 2.41. The minimum atomic E-state index is -1.49. The van der Waals surface area contributed by atoms with Crippen LogP contribution in [0.25, 0.3) is 10.9 Å². The molecule has 0 fully saturated rings. The molecule has 1 aromatic heterocycles. The fourth-order valence-electron chi connectivity index (χ4n) is 1.67. The zero-order valence-corrected chi connectivity index (χ0v) is 8.85. The third-order valence-electron chi connectivity index (χ3n) is 2.41. The van der Waals surface area contributed by atoms with Crippen molar-refractivity contribution in [3.05, 3.63) is 34.1 Å². The Morgan fingerprint density at radius 3 is 2.71 bits per heavy atom. The maximum atomic E-state index is 11.5. The highest BCUT2D eigenvalue weighted by atomic mass is 16.5. The minimum Gasteiger partial charge on any atom is -0.506 e. The first-order chi connectivity index (χ1) is 8.06. The normalized spacial score (nSPS) is 10.4. The minimum absolute atomic E-state index is 0.173. The van der Waals surface area contributed by atoms with Crippen LogP contribution in [0.15, 0.2) is 23.0 Å². The summed E-state index contributed by atoms with van der Waals surface area (Å²) in [5, 5.41) is 18.9. The zero-order chi connectivity index (χ0) is 12.6. The average molecular weight is 235 g/mol. The van der Waals surface area contributed by atoms with Crippen LogP contribution in [0.3, 0.4) is 0 Å². The Bertz CT molecular complexity index is 659. The number of aromatic amines is 1. The number of ether oxygens (including phenoxy) is 1. The number of aromatic carboxylic acids is 1. The third kappa shape index (κ3) is 1.59. The maximum absolute atomic E-state index is 11.5. The molecule has 6 nitrogen and oxygen atoms in total. The van der Waals surface area contributed by atoms with E-state index in [4.69, 9.17) is 9.84 Å². The fourth-order valence-corrected chi connectivity index (χ4v) is 1.67. The highest BCUT2D eigenvalue weighted by molar-refractivity contribution is 6.00. The van der Waals surface area contributed by atoms with Crippen molar-refractivity contribution in [3.8, 4) is 11.5 Å². The Morgan fingerprint density at radius 1 is 1.41 bits per heavy atom. The smallest absolute Gasteiger partial charge is 0.345 e. The number of methoxy groups -OCH3 is 1. The summed E-state index contributed by atoms with van der Waals surface area (Å²) in [6.07, 6.45) is 0. The van der Waals surface area contributed by atoms with Gasteiger partial charge in [-0.25, -0.2) is 4.79 Å². The van der Waals surface area contributed by atoms with Crippen molar-refractivity contribution in [1.82, 2.24) is 4.98 Å². The van der Waals surface area contributed by atoms with E-state index in [-0.39, 0.29) is 5.39 Å². The predicted octanol–water partition coefficient (Wildman–Crippen LogP) is 0.940. The second-order valence-electron chi connectivity index (χ2n) is 3.37. The van der Waals surface area contributed by atoms with Gasteiger partial charge in [-0.3, -0.25) is 4.79 Å². The van der Waals surface area contributed by atoms with Crippen LogP contribution in [0.4, 0.5) is 0 Å². The van der Waals surface area contributed by atoms with Crippen LogP contribution in [-0.4, -0.2) is 28.3 Å². The van der Waals surface area contributed by atoms with E-state index in [9.17, 15) is 14.7 Å². The van der Waals surface area contributed by atoms with Crippen molar-refractivity contribution < 1.29 is 19.7 Å². The molecule has 0 saturated heterocycles. The number of carboxylic acids is 1. The Balaban J connectivity index is 2.99. The molecule has 0 bridgehead atoms. The van der Waals surface area contributed by atoms with Gasteiger partial charge < -0.3 is 19.9 Å². The number of carbonyl (C=O) groups is 1. The molecule has 6 heteroatoms. The molecule has 0 aliphatic heterocycles. The SMILES string of the molecule is COc1cccc2[nH]c(=O)c(C(=O)O)c(O)c12. The Morgan fingerprint density at radius 2 is 2.12 bits per heavy atom. The van der Waals surface area contributed by atoms with Gasteiger partial charge in [0.15, 0.2) is 5.56 Å². The summed E-state index contributed by atoms with van der Waals surface area (Å²) in [5.74, 6) is -1.79. The van der Waals surface area contributed by atoms with Gasteiger partial charge in [0.2, 0.25) is 0 Å². The number of hydrogen-bond acceptors (Lipinski definition) is 4. The number of H-pyrrole nitrogens is 1. The van der Waals surface area contributed by atoms with Crippen LogP contribution in [0.5, 0.6) is 11.5 Å². The molecular formula is C11H9NO5. The molecule has 17 heavy (non-hydrogen) atoms. The lowest BCUT2D eigenvalue weighted by Gasteiger charge is -2.08. The number of fused-ring (bicyclic) bond motifs is 1. The van der Waals surface area contributed by atoms with Gasteiger partial charge in [0, 0.05) is 0 Å². The lowest BCUT2D eigenvalue weighted by Crippen LogP contribution is -2.17. The molecule has 1 heterocycles.